The monoisotopic (exact) mass is 282 g/mol. The van der Waals surface area contributed by atoms with E-state index in [-0.39, 0.29) is 17.4 Å². The smallest absolute Gasteiger partial charge is 0.180 e. The third kappa shape index (κ3) is 3.00. The van der Waals surface area contributed by atoms with Crippen molar-refractivity contribution in [3.05, 3.63) is 41.1 Å². The lowest BCUT2D eigenvalue weighted by Crippen LogP contribution is -2.27. The standard InChI is InChI=1S/C18H22N2O/c1-12-6-7-16-14(8-12)9-13(2)20(16)11-15(10-19)17(21)18(3,4)5/h6-8,11,13H,9H2,1-5H3/b15-11+. The molecule has 1 unspecified atom stereocenters. The minimum Gasteiger partial charge on any atom is -0.343 e. The highest BCUT2D eigenvalue weighted by Gasteiger charge is 2.29. The van der Waals surface area contributed by atoms with Crippen LogP contribution in [0.4, 0.5) is 5.69 Å². The van der Waals surface area contributed by atoms with Crippen molar-refractivity contribution < 1.29 is 4.79 Å². The summed E-state index contributed by atoms with van der Waals surface area (Å²) < 4.78 is 0. The summed E-state index contributed by atoms with van der Waals surface area (Å²) in [6.45, 7) is 9.71. The first-order valence-corrected chi connectivity index (χ1v) is 7.28. The van der Waals surface area contributed by atoms with Gasteiger partial charge in [-0.1, -0.05) is 38.5 Å². The van der Waals surface area contributed by atoms with Gasteiger partial charge in [-0.3, -0.25) is 4.79 Å². The fraction of sp³-hybridized carbons (Fsp3) is 0.444. The number of nitrogens with zero attached hydrogens (tertiary/aromatic N) is 2. The van der Waals surface area contributed by atoms with Crippen molar-refractivity contribution in [2.75, 3.05) is 4.90 Å². The van der Waals surface area contributed by atoms with Gasteiger partial charge in [0.2, 0.25) is 0 Å². The number of hydrogen-bond donors (Lipinski definition) is 0. The molecule has 1 atom stereocenters. The number of benzene rings is 1. The molecule has 1 heterocycles. The SMILES string of the molecule is Cc1ccc2c(c1)CC(C)N2/C=C(\C#N)C(=O)C(C)(C)C. The Balaban J connectivity index is 2.41. The second-order valence-corrected chi connectivity index (χ2v) is 6.83. The van der Waals surface area contributed by atoms with E-state index < -0.39 is 5.41 Å². The van der Waals surface area contributed by atoms with Crippen LogP contribution in [0.25, 0.3) is 0 Å². The molecule has 0 aromatic heterocycles. The van der Waals surface area contributed by atoms with Crippen LogP contribution < -0.4 is 4.90 Å². The zero-order valence-corrected chi connectivity index (χ0v) is 13.4. The topological polar surface area (TPSA) is 44.1 Å². The molecule has 0 saturated carbocycles. The lowest BCUT2D eigenvalue weighted by atomic mass is 9.87. The first kappa shape index (κ1) is 15.3. The van der Waals surface area contributed by atoms with E-state index in [1.165, 1.54) is 11.1 Å². The highest BCUT2D eigenvalue weighted by Crippen LogP contribution is 2.34. The van der Waals surface area contributed by atoms with Crippen LogP contribution in [0.1, 0.15) is 38.8 Å². The van der Waals surface area contributed by atoms with Gasteiger partial charge in [0.05, 0.1) is 0 Å². The van der Waals surface area contributed by atoms with Crippen molar-refractivity contribution in [1.29, 1.82) is 5.26 Å². The molecule has 3 nitrogen and oxygen atoms in total. The van der Waals surface area contributed by atoms with Crippen molar-refractivity contribution in [3.63, 3.8) is 0 Å². The van der Waals surface area contributed by atoms with Gasteiger partial charge in [0.1, 0.15) is 11.6 Å². The van der Waals surface area contributed by atoms with Crippen LogP contribution in [0.2, 0.25) is 0 Å². The van der Waals surface area contributed by atoms with Crippen LogP contribution in [0.5, 0.6) is 0 Å². The Morgan fingerprint density at radius 2 is 2.10 bits per heavy atom. The Labute approximate surface area is 126 Å². The maximum Gasteiger partial charge on any atom is 0.180 e. The van der Waals surface area contributed by atoms with E-state index in [9.17, 15) is 10.1 Å². The third-order valence-electron chi connectivity index (χ3n) is 3.82. The molecule has 1 aliphatic heterocycles. The van der Waals surface area contributed by atoms with Gasteiger partial charge >= 0.3 is 0 Å². The summed E-state index contributed by atoms with van der Waals surface area (Å²) in [4.78, 5) is 14.4. The van der Waals surface area contributed by atoms with Gasteiger partial charge < -0.3 is 4.90 Å². The predicted molar refractivity (Wildman–Crippen MR) is 85.0 cm³/mol. The molecule has 0 N–H and O–H groups in total. The first-order valence-electron chi connectivity index (χ1n) is 7.28. The molecule has 0 saturated heterocycles. The van der Waals surface area contributed by atoms with E-state index in [0.717, 1.165) is 12.1 Å². The number of hydrogen-bond acceptors (Lipinski definition) is 3. The van der Waals surface area contributed by atoms with Crippen LogP contribution >= 0.6 is 0 Å². The molecule has 0 aliphatic carbocycles. The molecular formula is C18H22N2O. The predicted octanol–water partition coefficient (Wildman–Crippen LogP) is 3.77. The molecule has 0 amide bonds. The molecule has 21 heavy (non-hydrogen) atoms. The van der Waals surface area contributed by atoms with Crippen molar-refractivity contribution >= 4 is 11.5 Å². The maximum absolute atomic E-state index is 12.3. The van der Waals surface area contributed by atoms with Gasteiger partial charge in [-0.05, 0) is 31.9 Å². The highest BCUT2D eigenvalue weighted by molar-refractivity contribution is 6.02. The molecule has 3 heteroatoms. The summed E-state index contributed by atoms with van der Waals surface area (Å²) in [6, 6.07) is 8.64. The Morgan fingerprint density at radius 3 is 2.67 bits per heavy atom. The number of ketones is 1. The maximum atomic E-state index is 12.3. The molecular weight excluding hydrogens is 260 g/mol. The van der Waals surface area contributed by atoms with Crippen molar-refractivity contribution in [2.24, 2.45) is 5.41 Å². The molecule has 0 bridgehead atoms. The van der Waals surface area contributed by atoms with E-state index >= 15 is 0 Å². The second kappa shape index (κ2) is 5.37. The average molecular weight is 282 g/mol. The van der Waals surface area contributed by atoms with Crippen molar-refractivity contribution in [1.82, 2.24) is 0 Å². The third-order valence-corrected chi connectivity index (χ3v) is 3.82. The van der Waals surface area contributed by atoms with Crippen LogP contribution in [0.15, 0.2) is 30.0 Å². The molecule has 0 fully saturated rings. The Kier molecular flexibility index (Phi) is 3.91. The van der Waals surface area contributed by atoms with Gasteiger partial charge in [-0.15, -0.1) is 0 Å². The number of anilines is 1. The second-order valence-electron chi connectivity index (χ2n) is 6.83. The van der Waals surface area contributed by atoms with Gasteiger partial charge in [0.15, 0.2) is 5.78 Å². The van der Waals surface area contributed by atoms with Crippen molar-refractivity contribution in [3.8, 4) is 6.07 Å². The number of carbonyl (C=O) groups excluding carboxylic acids is 1. The van der Waals surface area contributed by atoms with E-state index in [2.05, 4.69) is 43.0 Å². The molecule has 0 spiro atoms. The van der Waals surface area contributed by atoms with Crippen LogP contribution in [-0.2, 0) is 11.2 Å². The Morgan fingerprint density at radius 1 is 1.43 bits per heavy atom. The number of Topliss-reactive ketones (excluding diaryl/α,β-unsaturated/α-hetero) is 1. The summed E-state index contributed by atoms with van der Waals surface area (Å²) in [5.41, 5.74) is 3.29. The minimum absolute atomic E-state index is 0.113. The summed E-state index contributed by atoms with van der Waals surface area (Å²) in [6.07, 6.45) is 2.66. The van der Waals surface area contributed by atoms with Crippen molar-refractivity contribution in [2.45, 2.75) is 47.1 Å². The van der Waals surface area contributed by atoms with E-state index in [1.54, 1.807) is 6.20 Å². The molecule has 0 radical (unpaired) electrons. The number of rotatable bonds is 2. The number of allylic oxidation sites excluding steroid dienone is 1. The number of fused-ring (bicyclic) bond motifs is 1. The van der Waals surface area contributed by atoms with Crippen LogP contribution in [-0.4, -0.2) is 11.8 Å². The Bertz CT molecular complexity index is 644. The molecule has 1 aromatic carbocycles. The zero-order valence-electron chi connectivity index (χ0n) is 13.4. The van der Waals surface area contributed by atoms with Gasteiger partial charge in [-0.25, -0.2) is 0 Å². The molecule has 1 aliphatic rings. The van der Waals surface area contributed by atoms with Gasteiger partial charge in [0.25, 0.3) is 0 Å². The zero-order chi connectivity index (χ0) is 15.8. The van der Waals surface area contributed by atoms with E-state index in [0.29, 0.717) is 0 Å². The lowest BCUT2D eigenvalue weighted by Gasteiger charge is -2.22. The number of nitriles is 1. The first-order chi connectivity index (χ1) is 9.74. The van der Waals surface area contributed by atoms with Crippen LogP contribution in [0.3, 0.4) is 0 Å². The number of aryl methyl sites for hydroxylation is 1. The highest BCUT2D eigenvalue weighted by atomic mass is 16.1. The van der Waals surface area contributed by atoms with Crippen LogP contribution in [0, 0.1) is 23.7 Å². The summed E-state index contributed by atoms with van der Waals surface area (Å²) in [7, 11) is 0. The number of carbonyl (C=O) groups is 1. The average Bonchev–Trinajstić information content (AvgIpc) is 2.69. The summed E-state index contributed by atoms with van der Waals surface area (Å²) in [5.74, 6) is -0.113. The Hall–Kier alpha value is -2.08. The largest absolute Gasteiger partial charge is 0.343 e. The van der Waals surface area contributed by atoms with E-state index in [4.69, 9.17) is 0 Å². The van der Waals surface area contributed by atoms with Gasteiger partial charge in [0, 0.05) is 23.3 Å². The fourth-order valence-corrected chi connectivity index (χ4v) is 2.66. The fourth-order valence-electron chi connectivity index (χ4n) is 2.66. The van der Waals surface area contributed by atoms with E-state index in [1.807, 2.05) is 20.8 Å². The lowest BCUT2D eigenvalue weighted by molar-refractivity contribution is -0.122. The molecule has 1 aromatic rings. The summed E-state index contributed by atoms with van der Waals surface area (Å²) >= 11 is 0. The normalized spacial score (nSPS) is 18.4. The quantitative estimate of drug-likeness (QED) is 0.612. The molecule has 110 valence electrons. The minimum atomic E-state index is -0.541. The van der Waals surface area contributed by atoms with Gasteiger partial charge in [-0.2, -0.15) is 5.26 Å². The molecule has 2 rings (SSSR count). The summed E-state index contributed by atoms with van der Waals surface area (Å²) in [5, 5.41) is 9.33.